The second-order valence-corrected chi connectivity index (χ2v) is 6.91. The predicted molar refractivity (Wildman–Crippen MR) is 101 cm³/mol. The van der Waals surface area contributed by atoms with Gasteiger partial charge in [0.05, 0.1) is 26.4 Å². The van der Waals surface area contributed by atoms with E-state index in [1.54, 1.807) is 0 Å². The third-order valence-corrected chi connectivity index (χ3v) is 4.93. The molecule has 28 heavy (non-hydrogen) atoms. The van der Waals surface area contributed by atoms with E-state index in [4.69, 9.17) is 28.4 Å². The summed E-state index contributed by atoms with van der Waals surface area (Å²) in [5.74, 6) is 0. The summed E-state index contributed by atoms with van der Waals surface area (Å²) in [6, 6.07) is 20.1. The van der Waals surface area contributed by atoms with Crippen molar-refractivity contribution < 1.29 is 28.4 Å². The topological polar surface area (TPSA) is 55.4 Å². The van der Waals surface area contributed by atoms with E-state index < -0.39 is 0 Å². The van der Waals surface area contributed by atoms with Crippen LogP contribution in [0.5, 0.6) is 0 Å². The van der Waals surface area contributed by atoms with Gasteiger partial charge in [0.1, 0.15) is 38.0 Å². The van der Waals surface area contributed by atoms with Gasteiger partial charge >= 0.3 is 0 Å². The monoisotopic (exact) mass is 386 g/mol. The lowest BCUT2D eigenvalue weighted by atomic mass is 10.0. The van der Waals surface area contributed by atoms with Crippen molar-refractivity contribution in [2.45, 2.75) is 37.6 Å². The van der Waals surface area contributed by atoms with Crippen LogP contribution in [0.3, 0.4) is 0 Å². The summed E-state index contributed by atoms with van der Waals surface area (Å²) in [7, 11) is 0. The van der Waals surface area contributed by atoms with Crippen LogP contribution in [0.1, 0.15) is 11.1 Å². The maximum Gasteiger partial charge on any atom is 0.147 e. The molecule has 2 heterocycles. The van der Waals surface area contributed by atoms with Crippen molar-refractivity contribution in [2.75, 3.05) is 26.8 Å². The fourth-order valence-electron chi connectivity index (χ4n) is 3.45. The van der Waals surface area contributed by atoms with Gasteiger partial charge in [-0.3, -0.25) is 0 Å². The number of ether oxygens (including phenoxy) is 6. The van der Waals surface area contributed by atoms with E-state index in [-0.39, 0.29) is 38.0 Å². The Bertz CT molecular complexity index is 633. The number of hydrogen-bond donors (Lipinski definition) is 0. The summed E-state index contributed by atoms with van der Waals surface area (Å²) < 4.78 is 34.7. The van der Waals surface area contributed by atoms with E-state index in [9.17, 15) is 0 Å². The van der Waals surface area contributed by atoms with Crippen LogP contribution in [-0.4, -0.2) is 51.2 Å². The maximum absolute atomic E-state index is 5.85. The Balaban J connectivity index is 1.26. The molecule has 0 amide bonds. The molecule has 0 saturated carbocycles. The van der Waals surface area contributed by atoms with Gasteiger partial charge in [-0.2, -0.15) is 0 Å². The SMILES string of the molecule is c1ccc(COC[C@H]2OCO[C@H]3[C@@H]2OCO[C@@H]3COCc2ccccc2)cc1. The first kappa shape index (κ1) is 19.5. The minimum Gasteiger partial charge on any atom is -0.374 e. The van der Waals surface area contributed by atoms with Crippen LogP contribution in [0.25, 0.3) is 0 Å². The van der Waals surface area contributed by atoms with Crippen LogP contribution in [0.2, 0.25) is 0 Å². The van der Waals surface area contributed by atoms with Crippen molar-refractivity contribution in [3.63, 3.8) is 0 Å². The molecule has 0 N–H and O–H groups in total. The van der Waals surface area contributed by atoms with Crippen molar-refractivity contribution in [1.29, 1.82) is 0 Å². The number of fused-ring (bicyclic) bond motifs is 1. The molecule has 150 valence electrons. The Kier molecular flexibility index (Phi) is 7.05. The summed E-state index contributed by atoms with van der Waals surface area (Å²) in [5, 5.41) is 0. The quantitative estimate of drug-likeness (QED) is 0.695. The smallest absolute Gasteiger partial charge is 0.147 e. The van der Waals surface area contributed by atoms with Crippen molar-refractivity contribution in [1.82, 2.24) is 0 Å². The Morgan fingerprint density at radius 3 is 1.46 bits per heavy atom. The Morgan fingerprint density at radius 2 is 1.04 bits per heavy atom. The fraction of sp³-hybridized carbons (Fsp3) is 0.455. The third-order valence-electron chi connectivity index (χ3n) is 4.93. The molecule has 2 aromatic rings. The van der Waals surface area contributed by atoms with Gasteiger partial charge in [0.25, 0.3) is 0 Å². The molecule has 2 fully saturated rings. The first-order chi connectivity index (χ1) is 13.9. The second kappa shape index (κ2) is 10.1. The standard InChI is InChI=1S/C22H26O6/c1-3-7-17(8-4-1)11-23-13-19-21-22(28-15-25-19)20(26-16-27-21)14-24-12-18-9-5-2-6-10-18/h1-10,19-22H,11-16H2/t19-,20-,21-,22-/m1/s1. The largest absolute Gasteiger partial charge is 0.374 e. The van der Waals surface area contributed by atoms with Gasteiger partial charge in [-0.05, 0) is 11.1 Å². The summed E-state index contributed by atoms with van der Waals surface area (Å²) in [6.07, 6.45) is -0.849. The summed E-state index contributed by atoms with van der Waals surface area (Å²) in [6.45, 7) is 2.36. The average molecular weight is 386 g/mol. The zero-order valence-corrected chi connectivity index (χ0v) is 15.8. The maximum atomic E-state index is 5.85. The Labute approximate surface area is 165 Å². The molecule has 0 aliphatic carbocycles. The van der Waals surface area contributed by atoms with Crippen molar-refractivity contribution in [2.24, 2.45) is 0 Å². The highest BCUT2D eigenvalue weighted by Crippen LogP contribution is 2.26. The molecule has 0 unspecified atom stereocenters. The van der Waals surface area contributed by atoms with Crippen LogP contribution in [0.4, 0.5) is 0 Å². The molecular formula is C22H26O6. The van der Waals surface area contributed by atoms with E-state index in [1.807, 2.05) is 60.7 Å². The molecule has 2 aliphatic rings. The van der Waals surface area contributed by atoms with E-state index in [2.05, 4.69) is 0 Å². The van der Waals surface area contributed by atoms with E-state index in [1.165, 1.54) is 0 Å². The first-order valence-corrected chi connectivity index (χ1v) is 9.60. The van der Waals surface area contributed by atoms with Crippen LogP contribution < -0.4 is 0 Å². The van der Waals surface area contributed by atoms with Crippen molar-refractivity contribution in [3.8, 4) is 0 Å². The Hall–Kier alpha value is -1.80. The van der Waals surface area contributed by atoms with Crippen molar-refractivity contribution >= 4 is 0 Å². The molecule has 6 nitrogen and oxygen atoms in total. The van der Waals surface area contributed by atoms with Gasteiger partial charge in [-0.1, -0.05) is 60.7 Å². The normalized spacial score (nSPS) is 27.3. The molecule has 2 saturated heterocycles. The highest BCUT2D eigenvalue weighted by molar-refractivity contribution is 5.14. The lowest BCUT2D eigenvalue weighted by Crippen LogP contribution is -2.59. The second-order valence-electron chi connectivity index (χ2n) is 6.91. The molecule has 2 aromatic carbocycles. The Morgan fingerprint density at radius 1 is 0.607 bits per heavy atom. The third kappa shape index (κ3) is 5.17. The molecule has 0 aromatic heterocycles. The molecule has 2 aliphatic heterocycles. The van der Waals surface area contributed by atoms with Gasteiger partial charge < -0.3 is 28.4 Å². The molecule has 0 bridgehead atoms. The van der Waals surface area contributed by atoms with E-state index in [0.29, 0.717) is 26.4 Å². The molecule has 6 heteroatoms. The zero-order valence-electron chi connectivity index (χ0n) is 15.8. The minimum atomic E-state index is -0.233. The molecule has 4 rings (SSSR count). The average Bonchev–Trinajstić information content (AvgIpc) is 2.76. The summed E-state index contributed by atoms with van der Waals surface area (Å²) in [4.78, 5) is 0. The fourth-order valence-corrected chi connectivity index (χ4v) is 3.45. The van der Waals surface area contributed by atoms with Crippen molar-refractivity contribution in [3.05, 3.63) is 71.8 Å². The summed E-state index contributed by atoms with van der Waals surface area (Å²) in [5.41, 5.74) is 2.26. The summed E-state index contributed by atoms with van der Waals surface area (Å²) >= 11 is 0. The van der Waals surface area contributed by atoms with Gasteiger partial charge in [0.2, 0.25) is 0 Å². The number of benzene rings is 2. The van der Waals surface area contributed by atoms with Gasteiger partial charge in [-0.15, -0.1) is 0 Å². The lowest BCUT2D eigenvalue weighted by Gasteiger charge is -2.43. The van der Waals surface area contributed by atoms with E-state index >= 15 is 0 Å². The molecule has 4 atom stereocenters. The highest BCUT2D eigenvalue weighted by atomic mass is 16.8. The minimum absolute atomic E-state index is 0.192. The van der Waals surface area contributed by atoms with Crippen LogP contribution in [0, 0.1) is 0 Å². The first-order valence-electron chi connectivity index (χ1n) is 9.60. The molecule has 0 radical (unpaired) electrons. The number of rotatable bonds is 8. The van der Waals surface area contributed by atoms with E-state index in [0.717, 1.165) is 11.1 Å². The van der Waals surface area contributed by atoms with Gasteiger partial charge in [-0.25, -0.2) is 0 Å². The lowest BCUT2D eigenvalue weighted by molar-refractivity contribution is -0.331. The van der Waals surface area contributed by atoms with Gasteiger partial charge in [0, 0.05) is 0 Å². The highest BCUT2D eigenvalue weighted by Gasteiger charge is 2.44. The van der Waals surface area contributed by atoms with Crippen LogP contribution in [0.15, 0.2) is 60.7 Å². The number of hydrogen-bond acceptors (Lipinski definition) is 6. The van der Waals surface area contributed by atoms with Gasteiger partial charge in [0.15, 0.2) is 0 Å². The van der Waals surface area contributed by atoms with Crippen LogP contribution >= 0.6 is 0 Å². The molecular weight excluding hydrogens is 360 g/mol. The van der Waals surface area contributed by atoms with Crippen LogP contribution in [-0.2, 0) is 41.6 Å². The zero-order chi connectivity index (χ0) is 19.0. The predicted octanol–water partition coefficient (Wildman–Crippen LogP) is 2.90. The molecule has 0 spiro atoms.